The van der Waals surface area contributed by atoms with Gasteiger partial charge in [0.2, 0.25) is 21.8 Å². The van der Waals surface area contributed by atoms with Crippen LogP contribution in [0.1, 0.15) is 31.5 Å². The Morgan fingerprint density at radius 1 is 1.33 bits per heavy atom. The Morgan fingerprint density at radius 3 is 2.71 bits per heavy atom. The fraction of sp³-hybridized carbons (Fsp3) is 0.385. The Morgan fingerprint density at radius 2 is 2.10 bits per heavy atom. The van der Waals surface area contributed by atoms with Gasteiger partial charge in [-0.15, -0.1) is 10.2 Å². The van der Waals surface area contributed by atoms with Gasteiger partial charge in [-0.2, -0.15) is 0 Å². The Labute approximate surface area is 128 Å². The second kappa shape index (κ2) is 6.55. The average molecular weight is 330 g/mol. The van der Waals surface area contributed by atoms with Gasteiger partial charge >= 0.3 is 0 Å². The number of sulfonamides is 1. The standard InChI is InChI=1S/C13H16ClN3O3S/c1-9(2)13-17-16-12(20-13)6-7-15-21(18,19)11-5-3-4-10(14)8-11/h3-5,8-9,15H,6-7H2,1-2H3. The molecule has 8 heteroatoms. The van der Waals surface area contributed by atoms with Crippen LogP contribution in [0.2, 0.25) is 5.02 Å². The summed E-state index contributed by atoms with van der Waals surface area (Å²) in [4.78, 5) is 0.128. The van der Waals surface area contributed by atoms with Crippen LogP contribution in [-0.4, -0.2) is 25.2 Å². The van der Waals surface area contributed by atoms with Crippen molar-refractivity contribution in [3.8, 4) is 0 Å². The third kappa shape index (κ3) is 4.26. The van der Waals surface area contributed by atoms with Crippen molar-refractivity contribution in [3.05, 3.63) is 41.1 Å². The van der Waals surface area contributed by atoms with E-state index in [1.54, 1.807) is 12.1 Å². The van der Waals surface area contributed by atoms with Crippen LogP contribution < -0.4 is 4.72 Å². The molecule has 0 aliphatic carbocycles. The zero-order chi connectivity index (χ0) is 15.5. The summed E-state index contributed by atoms with van der Waals surface area (Å²) in [6.45, 7) is 4.06. The zero-order valence-electron chi connectivity index (χ0n) is 11.7. The van der Waals surface area contributed by atoms with E-state index in [9.17, 15) is 8.42 Å². The first-order valence-electron chi connectivity index (χ1n) is 6.46. The minimum atomic E-state index is -3.59. The zero-order valence-corrected chi connectivity index (χ0v) is 13.3. The molecule has 1 aromatic carbocycles. The second-order valence-electron chi connectivity index (χ2n) is 4.79. The van der Waals surface area contributed by atoms with Crippen molar-refractivity contribution in [1.82, 2.24) is 14.9 Å². The molecule has 0 amide bonds. The summed E-state index contributed by atoms with van der Waals surface area (Å²) >= 11 is 5.79. The van der Waals surface area contributed by atoms with Crippen molar-refractivity contribution in [3.63, 3.8) is 0 Å². The summed E-state index contributed by atoms with van der Waals surface area (Å²) in [5.41, 5.74) is 0. The van der Waals surface area contributed by atoms with Gasteiger partial charge in [0.05, 0.1) is 4.90 Å². The molecular formula is C13H16ClN3O3S. The number of rotatable bonds is 6. The molecule has 21 heavy (non-hydrogen) atoms. The van der Waals surface area contributed by atoms with Crippen LogP contribution in [0, 0.1) is 0 Å². The van der Waals surface area contributed by atoms with Crippen LogP contribution >= 0.6 is 11.6 Å². The molecule has 0 fully saturated rings. The fourth-order valence-electron chi connectivity index (χ4n) is 1.61. The van der Waals surface area contributed by atoms with Crippen molar-refractivity contribution in [2.75, 3.05) is 6.54 Å². The molecule has 2 rings (SSSR count). The van der Waals surface area contributed by atoms with E-state index >= 15 is 0 Å². The third-order valence-electron chi connectivity index (χ3n) is 2.71. The minimum absolute atomic E-state index is 0.128. The lowest BCUT2D eigenvalue weighted by Gasteiger charge is -2.05. The number of halogens is 1. The highest BCUT2D eigenvalue weighted by molar-refractivity contribution is 7.89. The predicted molar refractivity (Wildman–Crippen MR) is 78.7 cm³/mol. The van der Waals surface area contributed by atoms with Crippen molar-refractivity contribution in [2.45, 2.75) is 31.1 Å². The lowest BCUT2D eigenvalue weighted by Crippen LogP contribution is -2.26. The normalized spacial score (nSPS) is 12.0. The van der Waals surface area contributed by atoms with Gasteiger partial charge in [0.1, 0.15) is 0 Å². The summed E-state index contributed by atoms with van der Waals surface area (Å²) < 4.78 is 32.0. The number of nitrogens with one attached hydrogen (secondary N) is 1. The molecule has 6 nitrogen and oxygen atoms in total. The van der Waals surface area contributed by atoms with E-state index < -0.39 is 10.0 Å². The third-order valence-corrected chi connectivity index (χ3v) is 4.41. The van der Waals surface area contributed by atoms with E-state index in [2.05, 4.69) is 14.9 Å². The average Bonchev–Trinajstić information content (AvgIpc) is 2.87. The number of hydrogen-bond acceptors (Lipinski definition) is 5. The molecule has 0 aliphatic heterocycles. The molecule has 0 unspecified atom stereocenters. The molecule has 1 heterocycles. The van der Waals surface area contributed by atoms with Crippen molar-refractivity contribution < 1.29 is 12.8 Å². The van der Waals surface area contributed by atoms with Crippen molar-refractivity contribution >= 4 is 21.6 Å². The molecule has 0 aliphatic rings. The SMILES string of the molecule is CC(C)c1nnc(CCNS(=O)(=O)c2cccc(Cl)c2)o1. The summed E-state index contributed by atoms with van der Waals surface area (Å²) in [5.74, 6) is 1.10. The molecule has 114 valence electrons. The molecule has 0 saturated carbocycles. The van der Waals surface area contributed by atoms with Crippen molar-refractivity contribution in [1.29, 1.82) is 0 Å². The van der Waals surface area contributed by atoms with Gasteiger partial charge in [0, 0.05) is 23.9 Å². The van der Waals surface area contributed by atoms with Gasteiger partial charge in [-0.1, -0.05) is 31.5 Å². The van der Waals surface area contributed by atoms with Gasteiger partial charge in [-0.05, 0) is 18.2 Å². The van der Waals surface area contributed by atoms with Crippen LogP contribution in [0.5, 0.6) is 0 Å². The minimum Gasteiger partial charge on any atom is -0.425 e. The highest BCUT2D eigenvalue weighted by Gasteiger charge is 2.15. The van der Waals surface area contributed by atoms with Crippen LogP contribution in [0.25, 0.3) is 0 Å². The summed E-state index contributed by atoms with van der Waals surface area (Å²) in [7, 11) is -3.59. The van der Waals surface area contributed by atoms with Crippen LogP contribution in [0.15, 0.2) is 33.6 Å². The number of nitrogens with zero attached hydrogens (tertiary/aromatic N) is 2. The van der Waals surface area contributed by atoms with Gasteiger partial charge in [0.25, 0.3) is 0 Å². The van der Waals surface area contributed by atoms with E-state index in [0.29, 0.717) is 23.2 Å². The summed E-state index contributed by atoms with van der Waals surface area (Å²) in [6, 6.07) is 6.08. The van der Waals surface area contributed by atoms with E-state index in [0.717, 1.165) is 0 Å². The highest BCUT2D eigenvalue weighted by Crippen LogP contribution is 2.15. The fourth-order valence-corrected chi connectivity index (χ4v) is 2.94. The topological polar surface area (TPSA) is 85.1 Å². The van der Waals surface area contributed by atoms with Gasteiger partial charge in [-0.3, -0.25) is 0 Å². The van der Waals surface area contributed by atoms with Crippen LogP contribution in [0.3, 0.4) is 0 Å². The number of hydrogen-bond donors (Lipinski definition) is 1. The second-order valence-corrected chi connectivity index (χ2v) is 7.00. The summed E-state index contributed by atoms with van der Waals surface area (Å²) in [6.07, 6.45) is 0.333. The highest BCUT2D eigenvalue weighted by atomic mass is 35.5. The molecule has 0 spiro atoms. The summed E-state index contributed by atoms with van der Waals surface area (Å²) in [5, 5.41) is 8.13. The molecule has 1 aromatic heterocycles. The van der Waals surface area contributed by atoms with Crippen molar-refractivity contribution in [2.24, 2.45) is 0 Å². The molecule has 0 bridgehead atoms. The largest absolute Gasteiger partial charge is 0.425 e. The lowest BCUT2D eigenvalue weighted by atomic mass is 10.2. The maximum Gasteiger partial charge on any atom is 0.240 e. The van der Waals surface area contributed by atoms with Gasteiger partial charge < -0.3 is 4.42 Å². The van der Waals surface area contributed by atoms with E-state index in [1.165, 1.54) is 12.1 Å². The Balaban J connectivity index is 1.96. The van der Waals surface area contributed by atoms with Gasteiger partial charge in [0.15, 0.2) is 0 Å². The first-order valence-corrected chi connectivity index (χ1v) is 8.32. The van der Waals surface area contributed by atoms with E-state index in [1.807, 2.05) is 13.8 Å². The Hall–Kier alpha value is -1.44. The van der Waals surface area contributed by atoms with E-state index in [-0.39, 0.29) is 17.4 Å². The molecule has 1 N–H and O–H groups in total. The molecule has 0 atom stereocenters. The first-order chi connectivity index (χ1) is 9.88. The Kier molecular flexibility index (Phi) is 4.97. The quantitative estimate of drug-likeness (QED) is 0.879. The molecular weight excluding hydrogens is 314 g/mol. The lowest BCUT2D eigenvalue weighted by molar-refractivity contribution is 0.431. The van der Waals surface area contributed by atoms with Crippen LogP contribution in [0.4, 0.5) is 0 Å². The van der Waals surface area contributed by atoms with Crippen LogP contribution in [-0.2, 0) is 16.4 Å². The smallest absolute Gasteiger partial charge is 0.240 e. The monoisotopic (exact) mass is 329 g/mol. The van der Waals surface area contributed by atoms with Gasteiger partial charge in [-0.25, -0.2) is 13.1 Å². The molecule has 0 radical (unpaired) electrons. The van der Waals surface area contributed by atoms with E-state index in [4.69, 9.17) is 16.0 Å². The predicted octanol–water partition coefficient (Wildman–Crippen LogP) is 2.37. The number of benzene rings is 1. The molecule has 0 saturated heterocycles. The first kappa shape index (κ1) is 15.9. The maximum absolute atomic E-state index is 12.1. The molecule has 2 aromatic rings. The number of aromatic nitrogens is 2. The maximum atomic E-state index is 12.1. The Bertz CT molecular complexity index is 713.